The van der Waals surface area contributed by atoms with Gasteiger partial charge >= 0.3 is 5.63 Å². The smallest absolute Gasteiger partial charge is 0.336 e. The first kappa shape index (κ1) is 18.8. The first-order valence-electron chi connectivity index (χ1n) is 9.66. The van der Waals surface area contributed by atoms with E-state index >= 15 is 0 Å². The quantitative estimate of drug-likeness (QED) is 0.293. The first-order valence-corrected chi connectivity index (χ1v) is 9.66. The summed E-state index contributed by atoms with van der Waals surface area (Å²) in [6, 6.07) is 25.5. The van der Waals surface area contributed by atoms with Crippen molar-refractivity contribution in [2.24, 2.45) is 0 Å². The van der Waals surface area contributed by atoms with Crippen molar-refractivity contribution < 1.29 is 4.42 Å². The second-order valence-corrected chi connectivity index (χ2v) is 8.13. The lowest BCUT2D eigenvalue weighted by atomic mass is 9.85. The third-order valence-corrected chi connectivity index (χ3v) is 4.93. The van der Waals surface area contributed by atoms with Crippen molar-refractivity contribution in [2.45, 2.75) is 26.2 Å². The summed E-state index contributed by atoms with van der Waals surface area (Å²) in [6.07, 6.45) is 0. The fourth-order valence-corrected chi connectivity index (χ4v) is 3.27. The minimum absolute atomic E-state index is 0.0124. The summed E-state index contributed by atoms with van der Waals surface area (Å²) in [4.78, 5) is 12.1. The van der Waals surface area contributed by atoms with E-state index in [0.717, 1.165) is 27.6 Å². The summed E-state index contributed by atoms with van der Waals surface area (Å²) >= 11 is 0. The van der Waals surface area contributed by atoms with Crippen molar-refractivity contribution in [3.05, 3.63) is 106 Å². The lowest BCUT2D eigenvalue weighted by molar-refractivity contribution is 0.559. The first-order chi connectivity index (χ1) is 13.9. The Morgan fingerprint density at radius 2 is 1.41 bits per heavy atom. The van der Waals surface area contributed by atoms with E-state index in [1.165, 1.54) is 5.56 Å². The molecule has 0 saturated carbocycles. The Bertz CT molecular complexity index is 1280. The van der Waals surface area contributed by atoms with Crippen LogP contribution < -0.4 is 5.63 Å². The van der Waals surface area contributed by atoms with Crippen LogP contribution in [0, 0.1) is 11.8 Å². The Kier molecular flexibility index (Phi) is 4.82. The molecular weight excluding hydrogens is 356 g/mol. The number of benzene rings is 3. The molecule has 0 unspecified atom stereocenters. The van der Waals surface area contributed by atoms with Crippen LogP contribution in [0.15, 0.2) is 88.1 Å². The van der Waals surface area contributed by atoms with E-state index in [-0.39, 0.29) is 11.0 Å². The van der Waals surface area contributed by atoms with E-state index in [0.29, 0.717) is 5.58 Å². The van der Waals surface area contributed by atoms with Gasteiger partial charge in [0.1, 0.15) is 5.58 Å². The maximum atomic E-state index is 12.1. The SMILES string of the molecule is CC(C)(C)c1ccc2oc(=O)cc(-c3ccc(C#Cc4ccccc4)cc3)c2c1. The fraction of sp³-hybridized carbons (Fsp3) is 0.148. The lowest BCUT2D eigenvalue weighted by Gasteiger charge is -2.19. The van der Waals surface area contributed by atoms with Gasteiger partial charge in [-0.15, -0.1) is 0 Å². The molecule has 142 valence electrons. The molecule has 4 aromatic rings. The monoisotopic (exact) mass is 378 g/mol. The summed E-state index contributed by atoms with van der Waals surface area (Å²) in [5, 5.41) is 0.945. The topological polar surface area (TPSA) is 30.2 Å². The van der Waals surface area contributed by atoms with Crippen molar-refractivity contribution in [1.82, 2.24) is 0 Å². The number of hydrogen-bond acceptors (Lipinski definition) is 2. The van der Waals surface area contributed by atoms with E-state index in [4.69, 9.17) is 4.42 Å². The van der Waals surface area contributed by atoms with Gasteiger partial charge in [-0.1, -0.05) is 69.0 Å². The van der Waals surface area contributed by atoms with Gasteiger partial charge in [0.25, 0.3) is 0 Å². The molecule has 2 nitrogen and oxygen atoms in total. The summed E-state index contributed by atoms with van der Waals surface area (Å²) in [6.45, 7) is 6.52. The maximum Gasteiger partial charge on any atom is 0.336 e. The largest absolute Gasteiger partial charge is 0.423 e. The van der Waals surface area contributed by atoms with E-state index in [2.05, 4.69) is 38.7 Å². The zero-order valence-electron chi connectivity index (χ0n) is 16.8. The van der Waals surface area contributed by atoms with Crippen LogP contribution in [-0.2, 0) is 5.41 Å². The fourth-order valence-electron chi connectivity index (χ4n) is 3.27. The van der Waals surface area contributed by atoms with E-state index in [1.807, 2.05) is 66.7 Å². The van der Waals surface area contributed by atoms with Crippen LogP contribution >= 0.6 is 0 Å². The summed E-state index contributed by atoms with van der Waals surface area (Å²) in [5.74, 6) is 6.35. The molecule has 0 aliphatic carbocycles. The standard InChI is InChI=1S/C27H22O2/c1-27(2,3)22-15-16-25-24(17-22)23(18-26(28)29-25)21-13-11-20(12-14-21)10-9-19-7-5-4-6-8-19/h4-8,11-18H,1-3H3. The van der Waals surface area contributed by atoms with Gasteiger partial charge in [0.2, 0.25) is 0 Å². The zero-order chi connectivity index (χ0) is 20.4. The van der Waals surface area contributed by atoms with Gasteiger partial charge in [0, 0.05) is 22.6 Å². The van der Waals surface area contributed by atoms with Crippen molar-refractivity contribution in [3.8, 4) is 23.0 Å². The van der Waals surface area contributed by atoms with E-state index < -0.39 is 0 Å². The molecule has 0 aliphatic rings. The molecule has 0 bridgehead atoms. The molecule has 29 heavy (non-hydrogen) atoms. The molecule has 0 radical (unpaired) electrons. The maximum absolute atomic E-state index is 12.1. The zero-order valence-corrected chi connectivity index (χ0v) is 16.8. The lowest BCUT2D eigenvalue weighted by Crippen LogP contribution is -2.11. The highest BCUT2D eigenvalue weighted by Crippen LogP contribution is 2.31. The molecule has 3 aromatic carbocycles. The molecule has 0 aliphatic heterocycles. The molecule has 0 atom stereocenters. The molecule has 0 fully saturated rings. The molecule has 0 amide bonds. The van der Waals surface area contributed by atoms with Gasteiger partial charge < -0.3 is 4.42 Å². The Balaban J connectivity index is 1.76. The third-order valence-electron chi connectivity index (χ3n) is 4.93. The van der Waals surface area contributed by atoms with Crippen LogP contribution in [0.25, 0.3) is 22.1 Å². The van der Waals surface area contributed by atoms with Crippen molar-refractivity contribution in [2.75, 3.05) is 0 Å². The van der Waals surface area contributed by atoms with Gasteiger partial charge in [-0.25, -0.2) is 4.79 Å². The number of hydrogen-bond donors (Lipinski definition) is 0. The Hall–Kier alpha value is -3.57. The Morgan fingerprint density at radius 3 is 2.07 bits per heavy atom. The molecule has 0 spiro atoms. The summed E-state index contributed by atoms with van der Waals surface area (Å²) < 4.78 is 5.42. The molecule has 4 rings (SSSR count). The van der Waals surface area contributed by atoms with Crippen molar-refractivity contribution in [1.29, 1.82) is 0 Å². The highest BCUT2D eigenvalue weighted by molar-refractivity contribution is 5.93. The molecule has 1 aromatic heterocycles. The third kappa shape index (κ3) is 4.15. The van der Waals surface area contributed by atoms with Crippen LogP contribution in [-0.4, -0.2) is 0 Å². The van der Waals surface area contributed by atoms with Crippen LogP contribution in [0.2, 0.25) is 0 Å². The van der Waals surface area contributed by atoms with E-state index in [1.54, 1.807) is 6.07 Å². The minimum Gasteiger partial charge on any atom is -0.423 e. The Morgan fingerprint density at radius 1 is 0.759 bits per heavy atom. The van der Waals surface area contributed by atoms with Gasteiger partial charge in [0.15, 0.2) is 0 Å². The van der Waals surface area contributed by atoms with Crippen molar-refractivity contribution in [3.63, 3.8) is 0 Å². The average Bonchev–Trinajstić information content (AvgIpc) is 2.72. The van der Waals surface area contributed by atoms with Gasteiger partial charge in [-0.05, 0) is 58.5 Å². The van der Waals surface area contributed by atoms with Gasteiger partial charge in [0.05, 0.1) is 0 Å². The number of fused-ring (bicyclic) bond motifs is 1. The predicted octanol–water partition coefficient (Wildman–Crippen LogP) is 6.16. The van der Waals surface area contributed by atoms with Crippen LogP contribution in [0.3, 0.4) is 0 Å². The Labute approximate surface area is 170 Å². The minimum atomic E-state index is -0.344. The van der Waals surface area contributed by atoms with E-state index in [9.17, 15) is 4.79 Å². The van der Waals surface area contributed by atoms with Crippen LogP contribution in [0.4, 0.5) is 0 Å². The highest BCUT2D eigenvalue weighted by atomic mass is 16.4. The van der Waals surface area contributed by atoms with Gasteiger partial charge in [-0.2, -0.15) is 0 Å². The molecule has 1 heterocycles. The second-order valence-electron chi connectivity index (χ2n) is 8.13. The molecule has 0 N–H and O–H groups in total. The predicted molar refractivity (Wildman–Crippen MR) is 119 cm³/mol. The van der Waals surface area contributed by atoms with Crippen molar-refractivity contribution >= 4 is 11.0 Å². The normalized spacial score (nSPS) is 11.1. The summed E-state index contributed by atoms with van der Waals surface area (Å²) in [5.41, 5.74) is 5.24. The summed E-state index contributed by atoms with van der Waals surface area (Å²) in [7, 11) is 0. The van der Waals surface area contributed by atoms with Crippen LogP contribution in [0.1, 0.15) is 37.5 Å². The second kappa shape index (κ2) is 7.45. The molecule has 0 saturated heterocycles. The average molecular weight is 378 g/mol. The van der Waals surface area contributed by atoms with Crippen LogP contribution in [0.5, 0.6) is 0 Å². The molecular formula is C27H22O2. The molecule has 2 heteroatoms. The number of rotatable bonds is 1. The highest BCUT2D eigenvalue weighted by Gasteiger charge is 2.16. The van der Waals surface area contributed by atoms with Gasteiger partial charge in [-0.3, -0.25) is 0 Å².